The molecule has 0 unspecified atom stereocenters. The third kappa shape index (κ3) is 4.49. The van der Waals surface area contributed by atoms with Gasteiger partial charge in [-0.05, 0) is 55.0 Å². The highest BCUT2D eigenvalue weighted by Gasteiger charge is 2.24. The summed E-state index contributed by atoms with van der Waals surface area (Å²) in [5.41, 5.74) is 2.04. The second kappa shape index (κ2) is 7.84. The lowest BCUT2D eigenvalue weighted by molar-refractivity contribution is -0.114. The minimum atomic E-state index is -3.76. The van der Waals surface area contributed by atoms with Gasteiger partial charge in [0.2, 0.25) is 5.91 Å². The third-order valence-corrected chi connectivity index (χ3v) is 6.18. The topological polar surface area (TPSA) is 66.5 Å². The van der Waals surface area contributed by atoms with Crippen molar-refractivity contribution in [2.45, 2.75) is 18.7 Å². The van der Waals surface area contributed by atoms with E-state index in [-0.39, 0.29) is 17.3 Å². The molecule has 2 aromatic rings. The maximum atomic E-state index is 13.0. The van der Waals surface area contributed by atoms with Gasteiger partial charge in [0, 0.05) is 17.1 Å². The predicted octanol–water partition coefficient (Wildman–Crippen LogP) is 4.10. The molecule has 0 aromatic heterocycles. The van der Waals surface area contributed by atoms with Crippen molar-refractivity contribution < 1.29 is 13.2 Å². The molecule has 2 rings (SSSR count). The molecule has 0 saturated carbocycles. The Morgan fingerprint density at radius 1 is 1.24 bits per heavy atom. The van der Waals surface area contributed by atoms with Crippen LogP contribution in [-0.4, -0.2) is 20.9 Å². The summed E-state index contributed by atoms with van der Waals surface area (Å²) in [5.74, 6) is -0.214. The number of benzene rings is 2. The number of amides is 1. The van der Waals surface area contributed by atoms with E-state index in [0.717, 1.165) is 10.0 Å². The molecular formula is C18H19BrN2O3S. The van der Waals surface area contributed by atoms with Gasteiger partial charge in [-0.2, -0.15) is 0 Å². The van der Waals surface area contributed by atoms with Crippen LogP contribution >= 0.6 is 15.9 Å². The summed E-state index contributed by atoms with van der Waals surface area (Å²) in [6.45, 7) is 7.10. The van der Waals surface area contributed by atoms with E-state index in [0.29, 0.717) is 11.4 Å². The predicted molar refractivity (Wildman–Crippen MR) is 104 cm³/mol. The van der Waals surface area contributed by atoms with E-state index in [2.05, 4.69) is 27.8 Å². The first-order chi connectivity index (χ1) is 11.8. The minimum Gasteiger partial charge on any atom is -0.326 e. The highest BCUT2D eigenvalue weighted by Crippen LogP contribution is 2.28. The summed E-state index contributed by atoms with van der Waals surface area (Å²) in [7, 11) is -3.76. The maximum absolute atomic E-state index is 13.0. The number of aryl methyl sites for hydroxylation is 1. The van der Waals surface area contributed by atoms with Crippen molar-refractivity contribution in [1.29, 1.82) is 0 Å². The summed E-state index contributed by atoms with van der Waals surface area (Å²) < 4.78 is 28.3. The van der Waals surface area contributed by atoms with Gasteiger partial charge < -0.3 is 5.32 Å². The SMILES string of the molecule is C=CCN(c1ccc(Br)c(C)c1)S(=O)(=O)c1ccc(NC(C)=O)cc1. The molecule has 0 aliphatic rings. The highest BCUT2D eigenvalue weighted by molar-refractivity contribution is 9.10. The molecule has 0 bridgehead atoms. The van der Waals surface area contributed by atoms with Crippen LogP contribution in [0.4, 0.5) is 11.4 Å². The fourth-order valence-corrected chi connectivity index (χ4v) is 3.96. The quantitative estimate of drug-likeness (QED) is 0.712. The fraction of sp³-hybridized carbons (Fsp3) is 0.167. The lowest BCUT2D eigenvalue weighted by Gasteiger charge is -2.24. The molecule has 0 spiro atoms. The Labute approximate surface area is 156 Å². The Balaban J connectivity index is 2.43. The lowest BCUT2D eigenvalue weighted by Crippen LogP contribution is -2.31. The van der Waals surface area contributed by atoms with Gasteiger partial charge >= 0.3 is 0 Å². The molecule has 1 N–H and O–H groups in total. The molecule has 1 amide bonds. The van der Waals surface area contributed by atoms with Crippen molar-refractivity contribution in [3.63, 3.8) is 0 Å². The second-order valence-electron chi connectivity index (χ2n) is 5.46. The minimum absolute atomic E-state index is 0.143. The number of carbonyl (C=O) groups excluding carboxylic acids is 1. The van der Waals surface area contributed by atoms with E-state index in [4.69, 9.17) is 0 Å². The number of hydrogen-bond acceptors (Lipinski definition) is 3. The van der Waals surface area contributed by atoms with Crippen LogP contribution in [0.15, 0.2) is 64.5 Å². The van der Waals surface area contributed by atoms with Crippen molar-refractivity contribution in [3.8, 4) is 0 Å². The Morgan fingerprint density at radius 3 is 2.40 bits per heavy atom. The number of rotatable bonds is 6. The highest BCUT2D eigenvalue weighted by atomic mass is 79.9. The van der Waals surface area contributed by atoms with Gasteiger partial charge in [-0.1, -0.05) is 22.0 Å². The zero-order valence-electron chi connectivity index (χ0n) is 14.0. The number of nitrogens with one attached hydrogen (secondary N) is 1. The van der Waals surface area contributed by atoms with Gasteiger partial charge in [-0.3, -0.25) is 9.10 Å². The van der Waals surface area contributed by atoms with Gasteiger partial charge in [-0.15, -0.1) is 6.58 Å². The molecule has 0 radical (unpaired) electrons. The largest absolute Gasteiger partial charge is 0.326 e. The molecule has 0 heterocycles. The van der Waals surface area contributed by atoms with Gasteiger partial charge in [0.05, 0.1) is 17.1 Å². The van der Waals surface area contributed by atoms with Crippen LogP contribution in [0.3, 0.4) is 0 Å². The summed E-state index contributed by atoms with van der Waals surface area (Å²) in [6.07, 6.45) is 1.54. The number of sulfonamides is 1. The van der Waals surface area contributed by atoms with Crippen molar-refractivity contribution in [2.24, 2.45) is 0 Å². The normalized spacial score (nSPS) is 11.0. The van der Waals surface area contributed by atoms with E-state index in [1.165, 1.54) is 23.4 Å². The number of halogens is 1. The lowest BCUT2D eigenvalue weighted by atomic mass is 10.2. The average Bonchev–Trinajstić information content (AvgIpc) is 2.55. The van der Waals surface area contributed by atoms with Crippen molar-refractivity contribution in [3.05, 3.63) is 65.2 Å². The molecule has 2 aromatic carbocycles. The Bertz CT molecular complexity index is 893. The smallest absolute Gasteiger partial charge is 0.264 e. The van der Waals surface area contributed by atoms with E-state index >= 15 is 0 Å². The first kappa shape index (κ1) is 19.2. The Hall–Kier alpha value is -2.12. The molecule has 132 valence electrons. The van der Waals surface area contributed by atoms with Gasteiger partial charge in [-0.25, -0.2) is 8.42 Å². The average molecular weight is 423 g/mol. The van der Waals surface area contributed by atoms with Crippen LogP contribution in [0, 0.1) is 6.92 Å². The van der Waals surface area contributed by atoms with E-state index in [1.807, 2.05) is 13.0 Å². The molecule has 0 aliphatic carbocycles. The number of anilines is 2. The molecule has 7 heteroatoms. The van der Waals surface area contributed by atoms with Crippen LogP contribution in [0.1, 0.15) is 12.5 Å². The van der Waals surface area contributed by atoms with Gasteiger partial charge in [0.1, 0.15) is 0 Å². The van der Waals surface area contributed by atoms with E-state index in [9.17, 15) is 13.2 Å². The summed E-state index contributed by atoms with van der Waals surface area (Å²) in [6, 6.07) is 11.4. The molecule has 25 heavy (non-hydrogen) atoms. The van der Waals surface area contributed by atoms with Crippen molar-refractivity contribution in [2.75, 3.05) is 16.2 Å². The van der Waals surface area contributed by atoms with Gasteiger partial charge in [0.25, 0.3) is 10.0 Å². The molecular weight excluding hydrogens is 404 g/mol. The monoisotopic (exact) mass is 422 g/mol. The number of nitrogens with zero attached hydrogens (tertiary/aromatic N) is 1. The number of carbonyl (C=O) groups is 1. The standard InChI is InChI=1S/C18H19BrN2O3S/c1-4-11-21(16-7-10-18(19)13(2)12-16)25(23,24)17-8-5-15(6-9-17)20-14(3)22/h4-10,12H,1,11H2,2-3H3,(H,20,22). The maximum Gasteiger partial charge on any atom is 0.264 e. The first-order valence-electron chi connectivity index (χ1n) is 7.53. The third-order valence-electron chi connectivity index (χ3n) is 3.49. The molecule has 5 nitrogen and oxygen atoms in total. The first-order valence-corrected chi connectivity index (χ1v) is 9.76. The Morgan fingerprint density at radius 2 is 1.88 bits per heavy atom. The second-order valence-corrected chi connectivity index (χ2v) is 8.18. The number of hydrogen-bond donors (Lipinski definition) is 1. The zero-order valence-corrected chi connectivity index (χ0v) is 16.4. The zero-order chi connectivity index (χ0) is 18.6. The molecule has 0 saturated heterocycles. The summed E-state index contributed by atoms with van der Waals surface area (Å²) in [4.78, 5) is 11.2. The Kier molecular flexibility index (Phi) is 6.02. The molecule has 0 atom stereocenters. The summed E-state index contributed by atoms with van der Waals surface area (Å²) in [5, 5.41) is 2.61. The van der Waals surface area contributed by atoms with E-state index in [1.54, 1.807) is 30.3 Å². The van der Waals surface area contributed by atoms with Crippen molar-refractivity contribution in [1.82, 2.24) is 0 Å². The van der Waals surface area contributed by atoms with Crippen LogP contribution in [0.25, 0.3) is 0 Å². The van der Waals surface area contributed by atoms with Crippen LogP contribution in [0.2, 0.25) is 0 Å². The van der Waals surface area contributed by atoms with Crippen molar-refractivity contribution >= 4 is 43.2 Å². The van der Waals surface area contributed by atoms with Gasteiger partial charge in [0.15, 0.2) is 0 Å². The van der Waals surface area contributed by atoms with Crippen LogP contribution in [0.5, 0.6) is 0 Å². The molecule has 0 fully saturated rings. The summed E-state index contributed by atoms with van der Waals surface area (Å²) >= 11 is 3.42. The fourth-order valence-electron chi connectivity index (χ4n) is 2.28. The van der Waals surface area contributed by atoms with Crippen LogP contribution < -0.4 is 9.62 Å². The molecule has 0 aliphatic heterocycles. The van der Waals surface area contributed by atoms with E-state index < -0.39 is 10.0 Å². The van der Waals surface area contributed by atoms with Crippen LogP contribution in [-0.2, 0) is 14.8 Å².